The minimum atomic E-state index is -0.490. The van der Waals surface area contributed by atoms with E-state index < -0.39 is 5.82 Å². The highest BCUT2D eigenvalue weighted by Gasteiger charge is 2.05. The first kappa shape index (κ1) is 11.8. The maximum absolute atomic E-state index is 13.5. The van der Waals surface area contributed by atoms with E-state index >= 15 is 0 Å². The number of aromatic nitrogens is 1. The molecule has 0 bridgehead atoms. The zero-order valence-corrected chi connectivity index (χ0v) is 9.71. The first-order valence-electron chi connectivity index (χ1n) is 5.06. The van der Waals surface area contributed by atoms with Crippen molar-refractivity contribution in [2.45, 2.75) is 6.54 Å². The molecule has 17 heavy (non-hydrogen) atoms. The molecule has 1 heterocycles. The van der Waals surface area contributed by atoms with Gasteiger partial charge in [0.25, 0.3) is 0 Å². The fourth-order valence-corrected chi connectivity index (χ4v) is 1.56. The molecule has 3 N–H and O–H groups in total. The molecule has 0 spiro atoms. The number of nitrogens with two attached hydrogens (primary N) is 1. The summed E-state index contributed by atoms with van der Waals surface area (Å²) in [5, 5.41) is 3.14. The van der Waals surface area contributed by atoms with Crippen LogP contribution in [0.5, 0.6) is 0 Å². The van der Waals surface area contributed by atoms with E-state index in [1.807, 2.05) is 24.3 Å². The molecule has 2 aromatic rings. The average Bonchev–Trinajstić information content (AvgIpc) is 2.33. The zero-order chi connectivity index (χ0) is 12.3. The maximum atomic E-state index is 13.5. The molecule has 0 aliphatic carbocycles. The molecule has 0 saturated heterocycles. The van der Waals surface area contributed by atoms with Gasteiger partial charge in [-0.3, -0.25) is 0 Å². The Bertz CT molecular complexity index is 531. The lowest BCUT2D eigenvalue weighted by molar-refractivity contribution is 0.626. The summed E-state index contributed by atoms with van der Waals surface area (Å²) in [5.74, 6) is -0.348. The lowest BCUT2D eigenvalue weighted by Crippen LogP contribution is -2.00. The molecule has 3 nitrogen and oxygen atoms in total. The minimum absolute atomic E-state index is 0.142. The first-order chi connectivity index (χ1) is 8.19. The number of hydrogen-bond donors (Lipinski definition) is 2. The van der Waals surface area contributed by atoms with Crippen LogP contribution in [0.3, 0.4) is 0 Å². The van der Waals surface area contributed by atoms with Crippen molar-refractivity contribution in [3.63, 3.8) is 0 Å². The summed E-state index contributed by atoms with van der Waals surface area (Å²) < 4.78 is 13.5. The lowest BCUT2D eigenvalue weighted by atomic mass is 10.2. The maximum Gasteiger partial charge on any atom is 0.167 e. The summed E-state index contributed by atoms with van der Waals surface area (Å²) in [6, 6.07) is 8.61. The SMILES string of the molecule is NCc1cccc(Nc2ncc(Cl)cc2F)c1. The highest BCUT2D eigenvalue weighted by molar-refractivity contribution is 6.30. The van der Waals surface area contributed by atoms with Gasteiger partial charge in [0.05, 0.1) is 5.02 Å². The van der Waals surface area contributed by atoms with Crippen molar-refractivity contribution in [3.8, 4) is 0 Å². The number of nitrogens with zero attached hydrogens (tertiary/aromatic N) is 1. The highest BCUT2D eigenvalue weighted by atomic mass is 35.5. The molecule has 0 atom stereocenters. The molecule has 2 rings (SSSR count). The van der Waals surface area contributed by atoms with Crippen LogP contribution in [0.2, 0.25) is 5.02 Å². The van der Waals surface area contributed by atoms with E-state index in [1.165, 1.54) is 12.3 Å². The van der Waals surface area contributed by atoms with Crippen molar-refractivity contribution in [2.24, 2.45) is 5.73 Å². The Kier molecular flexibility index (Phi) is 3.56. The first-order valence-corrected chi connectivity index (χ1v) is 5.44. The molecule has 0 saturated carbocycles. The Morgan fingerprint density at radius 3 is 2.88 bits per heavy atom. The number of anilines is 2. The topological polar surface area (TPSA) is 50.9 Å². The standard InChI is InChI=1S/C12H11ClFN3/c13-9-5-11(14)12(16-7-9)17-10-3-1-2-8(4-10)6-15/h1-5,7H,6,15H2,(H,16,17). The van der Waals surface area contributed by atoms with Gasteiger partial charge in [0.15, 0.2) is 11.6 Å². The van der Waals surface area contributed by atoms with Crippen LogP contribution in [0, 0.1) is 5.82 Å². The number of halogens is 2. The van der Waals surface area contributed by atoms with Crippen molar-refractivity contribution < 1.29 is 4.39 Å². The number of pyridine rings is 1. The third-order valence-electron chi connectivity index (χ3n) is 2.23. The van der Waals surface area contributed by atoms with Crippen molar-refractivity contribution >= 4 is 23.1 Å². The van der Waals surface area contributed by atoms with Crippen LogP contribution in [0.15, 0.2) is 36.5 Å². The Morgan fingerprint density at radius 2 is 2.18 bits per heavy atom. The van der Waals surface area contributed by atoms with Crippen molar-refractivity contribution in [2.75, 3.05) is 5.32 Å². The third kappa shape index (κ3) is 2.93. The van der Waals surface area contributed by atoms with Gasteiger partial charge >= 0.3 is 0 Å². The van der Waals surface area contributed by atoms with Gasteiger partial charge in [-0.2, -0.15) is 0 Å². The molecule has 0 fully saturated rings. The van der Waals surface area contributed by atoms with E-state index in [1.54, 1.807) is 0 Å². The molecular weight excluding hydrogens is 241 g/mol. The largest absolute Gasteiger partial charge is 0.338 e. The zero-order valence-electron chi connectivity index (χ0n) is 8.95. The van der Waals surface area contributed by atoms with Gasteiger partial charge < -0.3 is 11.1 Å². The molecule has 0 aliphatic rings. The van der Waals surface area contributed by atoms with Gasteiger partial charge in [-0.1, -0.05) is 23.7 Å². The van der Waals surface area contributed by atoms with Crippen LogP contribution in [-0.2, 0) is 6.54 Å². The van der Waals surface area contributed by atoms with Gasteiger partial charge in [-0.15, -0.1) is 0 Å². The predicted molar refractivity (Wildman–Crippen MR) is 66.8 cm³/mol. The minimum Gasteiger partial charge on any atom is -0.338 e. The average molecular weight is 252 g/mol. The summed E-state index contributed by atoms with van der Waals surface area (Å²) in [4.78, 5) is 3.88. The molecule has 0 aliphatic heterocycles. The Balaban J connectivity index is 2.25. The van der Waals surface area contributed by atoms with Crippen molar-refractivity contribution in [3.05, 3.63) is 52.9 Å². The number of benzene rings is 1. The van der Waals surface area contributed by atoms with Gasteiger partial charge in [0.1, 0.15) is 0 Å². The second-order valence-corrected chi connectivity index (χ2v) is 3.95. The second kappa shape index (κ2) is 5.12. The molecule has 5 heteroatoms. The summed E-state index contributed by atoms with van der Waals surface area (Å²) in [6.07, 6.45) is 1.39. The summed E-state index contributed by atoms with van der Waals surface area (Å²) in [5.41, 5.74) is 7.23. The number of hydrogen-bond acceptors (Lipinski definition) is 3. The van der Waals surface area contributed by atoms with Crippen LogP contribution in [0.25, 0.3) is 0 Å². The van der Waals surface area contributed by atoms with Crippen molar-refractivity contribution in [1.82, 2.24) is 4.98 Å². The van der Waals surface area contributed by atoms with Gasteiger partial charge in [-0.05, 0) is 23.8 Å². The van der Waals surface area contributed by atoms with Crippen LogP contribution in [0.4, 0.5) is 15.9 Å². The third-order valence-corrected chi connectivity index (χ3v) is 2.44. The van der Waals surface area contributed by atoms with E-state index in [2.05, 4.69) is 10.3 Å². The quantitative estimate of drug-likeness (QED) is 0.881. The molecule has 0 unspecified atom stereocenters. The van der Waals surface area contributed by atoms with Crippen LogP contribution < -0.4 is 11.1 Å². The van der Waals surface area contributed by atoms with E-state index in [4.69, 9.17) is 17.3 Å². The molecule has 88 valence electrons. The fourth-order valence-electron chi connectivity index (χ4n) is 1.42. The van der Waals surface area contributed by atoms with E-state index in [9.17, 15) is 4.39 Å². The second-order valence-electron chi connectivity index (χ2n) is 3.51. The van der Waals surface area contributed by atoms with Crippen LogP contribution in [-0.4, -0.2) is 4.98 Å². The summed E-state index contributed by atoms with van der Waals surface area (Å²) in [7, 11) is 0. The van der Waals surface area contributed by atoms with Crippen LogP contribution >= 0.6 is 11.6 Å². The molecule has 0 amide bonds. The summed E-state index contributed by atoms with van der Waals surface area (Å²) >= 11 is 5.62. The van der Waals surface area contributed by atoms with E-state index in [0.29, 0.717) is 6.54 Å². The summed E-state index contributed by atoms with van der Waals surface area (Å²) in [6.45, 7) is 0.437. The van der Waals surface area contributed by atoms with E-state index in [-0.39, 0.29) is 10.8 Å². The molecule has 0 radical (unpaired) electrons. The fraction of sp³-hybridized carbons (Fsp3) is 0.0833. The van der Waals surface area contributed by atoms with Crippen LogP contribution in [0.1, 0.15) is 5.56 Å². The highest BCUT2D eigenvalue weighted by Crippen LogP contribution is 2.20. The molecular formula is C12H11ClFN3. The van der Waals surface area contributed by atoms with Gasteiger partial charge in [0, 0.05) is 18.4 Å². The predicted octanol–water partition coefficient (Wildman–Crippen LogP) is 3.08. The monoisotopic (exact) mass is 251 g/mol. The van der Waals surface area contributed by atoms with Crippen molar-refractivity contribution in [1.29, 1.82) is 0 Å². The van der Waals surface area contributed by atoms with Gasteiger partial charge in [0.2, 0.25) is 0 Å². The van der Waals surface area contributed by atoms with Gasteiger partial charge in [-0.25, -0.2) is 9.37 Å². The number of rotatable bonds is 3. The van der Waals surface area contributed by atoms with E-state index in [0.717, 1.165) is 11.3 Å². The normalized spacial score (nSPS) is 10.3. The number of nitrogens with one attached hydrogen (secondary N) is 1. The Labute approximate surface area is 103 Å². The Hall–Kier alpha value is -1.65. The smallest absolute Gasteiger partial charge is 0.167 e. The lowest BCUT2D eigenvalue weighted by Gasteiger charge is -2.07. The molecule has 1 aromatic heterocycles. The Morgan fingerprint density at radius 1 is 1.35 bits per heavy atom. The molecule has 1 aromatic carbocycles.